The van der Waals surface area contributed by atoms with Crippen molar-refractivity contribution in [3.05, 3.63) is 29.3 Å². The van der Waals surface area contributed by atoms with Gasteiger partial charge in [0.1, 0.15) is 5.75 Å². The summed E-state index contributed by atoms with van der Waals surface area (Å²) in [7, 11) is -3.00. The van der Waals surface area contributed by atoms with E-state index < -0.39 is 15.9 Å². The van der Waals surface area contributed by atoms with Gasteiger partial charge in [0.25, 0.3) is 5.91 Å². The van der Waals surface area contributed by atoms with Gasteiger partial charge in [-0.2, -0.15) is 0 Å². The molecule has 2 rings (SSSR count). The van der Waals surface area contributed by atoms with Gasteiger partial charge in [-0.1, -0.05) is 17.7 Å². The van der Waals surface area contributed by atoms with Gasteiger partial charge >= 0.3 is 0 Å². The van der Waals surface area contributed by atoms with Crippen LogP contribution in [0.1, 0.15) is 13.3 Å². The molecule has 0 aromatic heterocycles. The van der Waals surface area contributed by atoms with E-state index in [4.69, 9.17) is 16.3 Å². The van der Waals surface area contributed by atoms with Crippen LogP contribution in [0.25, 0.3) is 0 Å². The maximum absolute atomic E-state index is 11.9. The van der Waals surface area contributed by atoms with Crippen molar-refractivity contribution in [3.8, 4) is 5.75 Å². The van der Waals surface area contributed by atoms with Crippen LogP contribution < -0.4 is 10.1 Å². The Kier molecular flexibility index (Phi) is 4.55. The number of amides is 1. The van der Waals surface area contributed by atoms with E-state index in [9.17, 15) is 13.2 Å². The van der Waals surface area contributed by atoms with Crippen molar-refractivity contribution < 1.29 is 17.9 Å². The molecule has 0 unspecified atom stereocenters. The molecule has 0 saturated carbocycles. The molecular formula is C13H16ClNO4S. The zero-order valence-electron chi connectivity index (χ0n) is 11.0. The highest BCUT2D eigenvalue weighted by Crippen LogP contribution is 2.18. The summed E-state index contributed by atoms with van der Waals surface area (Å²) in [6.07, 6.45) is -0.255. The summed E-state index contributed by atoms with van der Waals surface area (Å²) < 4.78 is 28.1. The molecule has 1 heterocycles. The van der Waals surface area contributed by atoms with E-state index >= 15 is 0 Å². The summed E-state index contributed by atoms with van der Waals surface area (Å²) in [4.78, 5) is 11.9. The average molecular weight is 318 g/mol. The third-order valence-corrected chi connectivity index (χ3v) is 5.06. The lowest BCUT2D eigenvalue weighted by Crippen LogP contribution is -2.43. The molecule has 0 radical (unpaired) electrons. The van der Waals surface area contributed by atoms with Gasteiger partial charge in [0.05, 0.1) is 11.5 Å². The number of nitrogens with one attached hydrogen (secondary N) is 1. The second kappa shape index (κ2) is 6.01. The van der Waals surface area contributed by atoms with Crippen molar-refractivity contribution in [3.63, 3.8) is 0 Å². The molecule has 1 aromatic carbocycles. The first-order chi connectivity index (χ1) is 9.35. The van der Waals surface area contributed by atoms with Crippen LogP contribution in [0, 0.1) is 0 Å². The molecule has 1 fully saturated rings. The van der Waals surface area contributed by atoms with Gasteiger partial charge in [-0.05, 0) is 31.5 Å². The van der Waals surface area contributed by atoms with Crippen molar-refractivity contribution in [1.82, 2.24) is 5.32 Å². The number of rotatable bonds is 4. The molecule has 7 heteroatoms. The normalized spacial score (nSPS) is 22.2. The fraction of sp³-hybridized carbons (Fsp3) is 0.462. The summed E-state index contributed by atoms with van der Waals surface area (Å²) >= 11 is 5.83. The predicted molar refractivity (Wildman–Crippen MR) is 76.7 cm³/mol. The molecular weight excluding hydrogens is 302 g/mol. The lowest BCUT2D eigenvalue weighted by atomic mass is 10.2. The lowest BCUT2D eigenvalue weighted by molar-refractivity contribution is -0.127. The van der Waals surface area contributed by atoms with Gasteiger partial charge in [-0.15, -0.1) is 0 Å². The van der Waals surface area contributed by atoms with Gasteiger partial charge in [0.15, 0.2) is 15.9 Å². The quantitative estimate of drug-likeness (QED) is 0.911. The zero-order chi connectivity index (χ0) is 14.8. The van der Waals surface area contributed by atoms with E-state index in [1.165, 1.54) is 0 Å². The average Bonchev–Trinajstić information content (AvgIpc) is 2.68. The van der Waals surface area contributed by atoms with Crippen LogP contribution in [0.15, 0.2) is 24.3 Å². The van der Waals surface area contributed by atoms with Gasteiger partial charge in [0, 0.05) is 11.1 Å². The smallest absolute Gasteiger partial charge is 0.261 e. The van der Waals surface area contributed by atoms with E-state index in [1.54, 1.807) is 31.2 Å². The topological polar surface area (TPSA) is 72.5 Å². The number of hydrogen-bond donors (Lipinski definition) is 1. The van der Waals surface area contributed by atoms with Crippen molar-refractivity contribution in [2.75, 3.05) is 11.5 Å². The van der Waals surface area contributed by atoms with E-state index in [2.05, 4.69) is 5.32 Å². The Morgan fingerprint density at radius 1 is 1.50 bits per heavy atom. The number of sulfone groups is 1. The number of hydrogen-bond acceptors (Lipinski definition) is 4. The molecule has 20 heavy (non-hydrogen) atoms. The maximum Gasteiger partial charge on any atom is 0.261 e. The molecule has 110 valence electrons. The van der Waals surface area contributed by atoms with E-state index in [0.29, 0.717) is 17.2 Å². The zero-order valence-corrected chi connectivity index (χ0v) is 12.6. The summed E-state index contributed by atoms with van der Waals surface area (Å²) in [5.41, 5.74) is 0. The van der Waals surface area contributed by atoms with Crippen LogP contribution in [0.3, 0.4) is 0 Å². The summed E-state index contributed by atoms with van der Waals surface area (Å²) in [6, 6.07) is 6.44. The standard InChI is InChI=1S/C13H16ClNO4S/c1-9(19-12-4-2-3-10(14)7-12)13(16)15-11-5-6-20(17,18)8-11/h2-4,7,9,11H,5-6,8H2,1H3,(H,15,16)/t9-,11+/m1/s1. The Hall–Kier alpha value is -1.27. The molecule has 5 nitrogen and oxygen atoms in total. The van der Waals surface area contributed by atoms with Crippen LogP contribution in [-0.4, -0.2) is 38.0 Å². The van der Waals surface area contributed by atoms with Crippen molar-refractivity contribution in [2.45, 2.75) is 25.5 Å². The van der Waals surface area contributed by atoms with Gasteiger partial charge in [-0.3, -0.25) is 4.79 Å². The number of benzene rings is 1. The molecule has 0 aliphatic carbocycles. The Morgan fingerprint density at radius 2 is 2.25 bits per heavy atom. The predicted octanol–water partition coefficient (Wildman–Crippen LogP) is 1.41. The minimum atomic E-state index is -3.00. The third kappa shape index (κ3) is 4.11. The van der Waals surface area contributed by atoms with Crippen LogP contribution in [0.5, 0.6) is 5.75 Å². The highest BCUT2D eigenvalue weighted by molar-refractivity contribution is 7.91. The molecule has 0 spiro atoms. The summed E-state index contributed by atoms with van der Waals surface area (Å²) in [5, 5.41) is 3.22. The Labute approximate surface area is 123 Å². The minimum absolute atomic E-state index is 0.00260. The molecule has 1 aromatic rings. The summed E-state index contributed by atoms with van der Waals surface area (Å²) in [6.45, 7) is 1.61. The second-order valence-electron chi connectivity index (χ2n) is 4.83. The highest BCUT2D eigenvalue weighted by Gasteiger charge is 2.30. The molecule has 1 aliphatic rings. The fourth-order valence-corrected chi connectivity index (χ4v) is 3.88. The van der Waals surface area contributed by atoms with E-state index in [0.717, 1.165) is 0 Å². The molecule has 1 amide bonds. The molecule has 1 saturated heterocycles. The van der Waals surface area contributed by atoms with Gasteiger partial charge in [0.2, 0.25) is 0 Å². The minimum Gasteiger partial charge on any atom is -0.481 e. The lowest BCUT2D eigenvalue weighted by Gasteiger charge is -2.17. The Bertz CT molecular complexity index is 602. The number of carbonyl (C=O) groups is 1. The third-order valence-electron chi connectivity index (χ3n) is 3.06. The SMILES string of the molecule is C[C@@H](Oc1cccc(Cl)c1)C(=O)N[C@H]1CCS(=O)(=O)C1. The van der Waals surface area contributed by atoms with Crippen molar-refractivity contribution >= 4 is 27.3 Å². The van der Waals surface area contributed by atoms with E-state index in [-0.39, 0.29) is 23.5 Å². The molecule has 0 bridgehead atoms. The Balaban J connectivity index is 1.89. The number of ether oxygens (including phenoxy) is 1. The first-order valence-electron chi connectivity index (χ1n) is 6.29. The van der Waals surface area contributed by atoms with Crippen molar-refractivity contribution in [2.24, 2.45) is 0 Å². The fourth-order valence-electron chi connectivity index (χ4n) is 2.03. The van der Waals surface area contributed by atoms with Crippen LogP contribution in [0.4, 0.5) is 0 Å². The van der Waals surface area contributed by atoms with Crippen LogP contribution in [-0.2, 0) is 14.6 Å². The Morgan fingerprint density at radius 3 is 2.85 bits per heavy atom. The monoisotopic (exact) mass is 317 g/mol. The maximum atomic E-state index is 11.9. The van der Waals surface area contributed by atoms with Gasteiger partial charge in [-0.25, -0.2) is 8.42 Å². The van der Waals surface area contributed by atoms with Gasteiger partial charge < -0.3 is 10.1 Å². The van der Waals surface area contributed by atoms with Crippen molar-refractivity contribution in [1.29, 1.82) is 0 Å². The number of carbonyl (C=O) groups excluding carboxylic acids is 1. The van der Waals surface area contributed by atoms with Crippen LogP contribution in [0.2, 0.25) is 5.02 Å². The first-order valence-corrected chi connectivity index (χ1v) is 8.49. The number of halogens is 1. The molecule has 1 N–H and O–H groups in total. The van der Waals surface area contributed by atoms with Crippen LogP contribution >= 0.6 is 11.6 Å². The highest BCUT2D eigenvalue weighted by atomic mass is 35.5. The van der Waals surface area contributed by atoms with E-state index in [1.807, 2.05) is 0 Å². The largest absolute Gasteiger partial charge is 0.481 e. The first kappa shape index (κ1) is 15.1. The second-order valence-corrected chi connectivity index (χ2v) is 7.49. The molecule has 2 atom stereocenters. The molecule has 1 aliphatic heterocycles. The summed E-state index contributed by atoms with van der Waals surface area (Å²) in [5.74, 6) is 0.302.